The van der Waals surface area contributed by atoms with E-state index in [9.17, 15) is 8.42 Å². The molecule has 1 aromatic rings. The first-order valence-corrected chi connectivity index (χ1v) is 6.34. The van der Waals surface area contributed by atoms with E-state index in [1.807, 2.05) is 18.2 Å². The zero-order valence-corrected chi connectivity index (χ0v) is 9.16. The van der Waals surface area contributed by atoms with Crippen LogP contribution in [-0.2, 0) is 10.0 Å². The standard InChI is InChI=1S/C11H11NO2S/c1-12-9-6-2-4-8-5-3-7-10(11(8)9)15(12,13)14/h2-5,7,9H,6H2,1H3. The number of hydrogen-bond acceptors (Lipinski definition) is 2. The van der Waals surface area contributed by atoms with Crippen LogP contribution < -0.4 is 0 Å². The molecule has 0 amide bonds. The van der Waals surface area contributed by atoms with E-state index in [0.29, 0.717) is 4.90 Å². The van der Waals surface area contributed by atoms with Crippen molar-refractivity contribution in [2.24, 2.45) is 0 Å². The molecule has 1 aliphatic carbocycles. The predicted molar refractivity (Wildman–Crippen MR) is 57.8 cm³/mol. The molecule has 0 saturated heterocycles. The summed E-state index contributed by atoms with van der Waals surface area (Å²) >= 11 is 0. The van der Waals surface area contributed by atoms with Gasteiger partial charge < -0.3 is 0 Å². The van der Waals surface area contributed by atoms with Crippen molar-refractivity contribution in [3.8, 4) is 0 Å². The molecule has 0 radical (unpaired) electrons. The average Bonchev–Trinajstić information content (AvgIpc) is 2.43. The minimum absolute atomic E-state index is 0.00574. The van der Waals surface area contributed by atoms with Crippen LogP contribution >= 0.6 is 0 Å². The molecule has 0 saturated carbocycles. The molecule has 0 fully saturated rings. The summed E-state index contributed by atoms with van der Waals surface area (Å²) in [5, 5.41) is 0. The van der Waals surface area contributed by atoms with Crippen molar-refractivity contribution in [3.63, 3.8) is 0 Å². The van der Waals surface area contributed by atoms with Gasteiger partial charge in [-0.1, -0.05) is 24.3 Å². The molecule has 3 rings (SSSR count). The number of nitrogens with zero attached hydrogens (tertiary/aromatic N) is 1. The van der Waals surface area contributed by atoms with Gasteiger partial charge in [-0.3, -0.25) is 0 Å². The Balaban J connectivity index is 2.41. The topological polar surface area (TPSA) is 37.4 Å². The van der Waals surface area contributed by atoms with Gasteiger partial charge in [-0.2, -0.15) is 4.31 Å². The Morgan fingerprint density at radius 1 is 1.40 bits per heavy atom. The van der Waals surface area contributed by atoms with Crippen molar-refractivity contribution in [2.45, 2.75) is 17.4 Å². The van der Waals surface area contributed by atoms with Crippen LogP contribution in [0, 0.1) is 0 Å². The summed E-state index contributed by atoms with van der Waals surface area (Å²) in [6.45, 7) is 0. The third kappa shape index (κ3) is 1.01. The highest BCUT2D eigenvalue weighted by Gasteiger charge is 2.41. The maximum Gasteiger partial charge on any atom is 0.243 e. The highest BCUT2D eigenvalue weighted by atomic mass is 32.2. The van der Waals surface area contributed by atoms with Gasteiger partial charge in [-0.15, -0.1) is 0 Å². The second kappa shape index (κ2) is 2.71. The average molecular weight is 221 g/mol. The minimum atomic E-state index is -3.23. The summed E-state index contributed by atoms with van der Waals surface area (Å²) in [5.74, 6) is 0. The van der Waals surface area contributed by atoms with E-state index in [4.69, 9.17) is 0 Å². The largest absolute Gasteiger partial charge is 0.243 e. The van der Waals surface area contributed by atoms with Crippen molar-refractivity contribution in [1.82, 2.24) is 4.31 Å². The van der Waals surface area contributed by atoms with Crippen LogP contribution in [0.3, 0.4) is 0 Å². The third-order valence-corrected chi connectivity index (χ3v) is 5.11. The summed E-state index contributed by atoms with van der Waals surface area (Å²) in [6, 6.07) is 5.48. The molecule has 1 aromatic carbocycles. The lowest BCUT2D eigenvalue weighted by Crippen LogP contribution is -2.23. The molecule has 0 N–H and O–H groups in total. The van der Waals surface area contributed by atoms with Gasteiger partial charge in [0.1, 0.15) is 0 Å². The van der Waals surface area contributed by atoms with Gasteiger partial charge in [0.2, 0.25) is 10.0 Å². The lowest BCUT2D eigenvalue weighted by molar-refractivity contribution is 0.396. The number of rotatable bonds is 0. The second-order valence-corrected chi connectivity index (χ2v) is 5.90. The van der Waals surface area contributed by atoms with Gasteiger partial charge in [0.05, 0.1) is 10.9 Å². The Labute approximate surface area is 89.1 Å². The fourth-order valence-corrected chi connectivity index (χ4v) is 4.00. The van der Waals surface area contributed by atoms with Crippen molar-refractivity contribution in [2.75, 3.05) is 7.05 Å². The quantitative estimate of drug-likeness (QED) is 0.669. The molecule has 2 aliphatic rings. The zero-order valence-electron chi connectivity index (χ0n) is 8.34. The predicted octanol–water partition coefficient (Wildman–Crippen LogP) is 1.78. The fourth-order valence-electron chi connectivity index (χ4n) is 2.38. The Morgan fingerprint density at radius 2 is 2.20 bits per heavy atom. The Morgan fingerprint density at radius 3 is 3.00 bits per heavy atom. The van der Waals surface area contributed by atoms with E-state index < -0.39 is 10.0 Å². The highest BCUT2D eigenvalue weighted by Crippen LogP contribution is 2.44. The molecule has 15 heavy (non-hydrogen) atoms. The van der Waals surface area contributed by atoms with Crippen LogP contribution in [0.1, 0.15) is 23.6 Å². The first kappa shape index (κ1) is 9.12. The molecule has 78 valence electrons. The summed E-state index contributed by atoms with van der Waals surface area (Å²) in [5.41, 5.74) is 2.01. The van der Waals surface area contributed by atoms with Gasteiger partial charge in [0, 0.05) is 7.05 Å². The molecule has 0 spiro atoms. The molecule has 1 atom stereocenters. The molecule has 4 heteroatoms. The maximum absolute atomic E-state index is 12.0. The van der Waals surface area contributed by atoms with Crippen molar-refractivity contribution in [3.05, 3.63) is 35.4 Å². The second-order valence-electron chi connectivity index (χ2n) is 3.93. The zero-order chi connectivity index (χ0) is 10.6. The molecule has 0 bridgehead atoms. The van der Waals surface area contributed by atoms with Gasteiger partial charge in [-0.05, 0) is 23.6 Å². The van der Waals surface area contributed by atoms with E-state index in [2.05, 4.69) is 0 Å². The van der Waals surface area contributed by atoms with E-state index in [0.717, 1.165) is 17.5 Å². The Hall–Kier alpha value is -1.13. The monoisotopic (exact) mass is 221 g/mol. The van der Waals surface area contributed by atoms with Crippen LogP contribution in [0.4, 0.5) is 0 Å². The summed E-state index contributed by atoms with van der Waals surface area (Å²) < 4.78 is 25.5. The van der Waals surface area contributed by atoms with E-state index in [1.165, 1.54) is 4.31 Å². The molecule has 3 nitrogen and oxygen atoms in total. The van der Waals surface area contributed by atoms with Gasteiger partial charge >= 0.3 is 0 Å². The van der Waals surface area contributed by atoms with Crippen molar-refractivity contribution in [1.29, 1.82) is 0 Å². The SMILES string of the molecule is CN1C2CC=Cc3cccc(c32)S1(=O)=O. The fraction of sp³-hybridized carbons (Fsp3) is 0.273. The van der Waals surface area contributed by atoms with Crippen LogP contribution in [0.25, 0.3) is 6.08 Å². The summed E-state index contributed by atoms with van der Waals surface area (Å²) in [7, 11) is -1.58. The molecule has 1 unspecified atom stereocenters. The molecular formula is C11H11NO2S. The first-order chi connectivity index (χ1) is 7.12. The Kier molecular flexibility index (Phi) is 1.65. The van der Waals surface area contributed by atoms with Crippen LogP contribution in [0.5, 0.6) is 0 Å². The number of sulfonamides is 1. The Bertz CT molecular complexity index is 560. The third-order valence-electron chi connectivity index (χ3n) is 3.19. The summed E-state index contributed by atoms with van der Waals surface area (Å²) in [6.07, 6.45) is 4.82. The van der Waals surface area contributed by atoms with E-state index in [1.54, 1.807) is 19.2 Å². The molecule has 1 aliphatic heterocycles. The van der Waals surface area contributed by atoms with Crippen molar-refractivity contribution >= 4 is 16.1 Å². The van der Waals surface area contributed by atoms with E-state index in [-0.39, 0.29) is 6.04 Å². The normalized spacial score (nSPS) is 26.6. The molecule has 0 aromatic heterocycles. The molecule has 1 heterocycles. The maximum atomic E-state index is 12.0. The van der Waals surface area contributed by atoms with Gasteiger partial charge in [-0.25, -0.2) is 8.42 Å². The highest BCUT2D eigenvalue weighted by molar-refractivity contribution is 7.89. The smallest absolute Gasteiger partial charge is 0.207 e. The van der Waals surface area contributed by atoms with Crippen molar-refractivity contribution < 1.29 is 8.42 Å². The van der Waals surface area contributed by atoms with Crippen LogP contribution in [0.2, 0.25) is 0 Å². The van der Waals surface area contributed by atoms with Gasteiger partial charge in [0.25, 0.3) is 0 Å². The lowest BCUT2D eigenvalue weighted by atomic mass is 9.93. The van der Waals surface area contributed by atoms with E-state index >= 15 is 0 Å². The van der Waals surface area contributed by atoms with Crippen LogP contribution in [-0.4, -0.2) is 19.8 Å². The van der Waals surface area contributed by atoms with Gasteiger partial charge in [0.15, 0.2) is 0 Å². The number of benzene rings is 1. The summed E-state index contributed by atoms with van der Waals surface area (Å²) in [4.78, 5) is 0.483. The van der Waals surface area contributed by atoms with Crippen LogP contribution in [0.15, 0.2) is 29.2 Å². The lowest BCUT2D eigenvalue weighted by Gasteiger charge is -2.20. The number of hydrogen-bond donors (Lipinski definition) is 0. The molecular weight excluding hydrogens is 210 g/mol. The minimum Gasteiger partial charge on any atom is -0.207 e. The first-order valence-electron chi connectivity index (χ1n) is 4.90.